The Morgan fingerprint density at radius 1 is 1.25 bits per heavy atom. The number of fused-ring (bicyclic) bond motifs is 1. The molecule has 0 spiro atoms. The van der Waals surface area contributed by atoms with Gasteiger partial charge >= 0.3 is 5.97 Å². The predicted molar refractivity (Wildman–Crippen MR) is 72.0 cm³/mol. The van der Waals surface area contributed by atoms with Gasteiger partial charge in [-0.15, -0.1) is 0 Å². The molecule has 3 aromatic heterocycles. The number of carbonyl (C=O) groups is 1. The fourth-order valence-corrected chi connectivity index (χ4v) is 2.61. The Bertz CT molecular complexity index is 806. The highest BCUT2D eigenvalue weighted by Gasteiger charge is 2.13. The molecule has 0 fully saturated rings. The van der Waals surface area contributed by atoms with Crippen molar-refractivity contribution in [3.63, 3.8) is 0 Å². The SMILES string of the molecule is O=C(O)c1cnc(Sc2ncnc3nc[nH]c23)c(Cl)c1. The zero-order valence-corrected chi connectivity index (χ0v) is 11.3. The lowest BCUT2D eigenvalue weighted by Crippen LogP contribution is -1.98. The van der Waals surface area contributed by atoms with Crippen LogP contribution in [0, 0.1) is 0 Å². The summed E-state index contributed by atoms with van der Waals surface area (Å²) in [6.45, 7) is 0. The molecule has 3 rings (SSSR count). The van der Waals surface area contributed by atoms with Crippen LogP contribution in [0.1, 0.15) is 10.4 Å². The minimum atomic E-state index is -1.08. The number of pyridine rings is 1. The minimum absolute atomic E-state index is 0.0359. The summed E-state index contributed by atoms with van der Waals surface area (Å²) in [6, 6.07) is 1.35. The average Bonchev–Trinajstić information content (AvgIpc) is 2.90. The van der Waals surface area contributed by atoms with Crippen molar-refractivity contribution >= 4 is 40.5 Å². The van der Waals surface area contributed by atoms with E-state index in [9.17, 15) is 4.79 Å². The predicted octanol–water partition coefficient (Wildman–Crippen LogP) is 2.25. The van der Waals surface area contributed by atoms with Gasteiger partial charge in [0.25, 0.3) is 0 Å². The number of aromatic amines is 1. The third kappa shape index (κ3) is 2.30. The summed E-state index contributed by atoms with van der Waals surface area (Å²) in [5.41, 5.74) is 1.26. The first-order valence-corrected chi connectivity index (χ1v) is 6.55. The van der Waals surface area contributed by atoms with Gasteiger partial charge in [-0.2, -0.15) is 0 Å². The first kappa shape index (κ1) is 12.8. The van der Waals surface area contributed by atoms with Crippen molar-refractivity contribution in [1.82, 2.24) is 24.9 Å². The topological polar surface area (TPSA) is 105 Å². The van der Waals surface area contributed by atoms with Crippen LogP contribution < -0.4 is 0 Å². The lowest BCUT2D eigenvalue weighted by atomic mass is 10.3. The van der Waals surface area contributed by atoms with Crippen molar-refractivity contribution in [3.05, 3.63) is 35.5 Å². The number of carboxylic acids is 1. The molecule has 0 saturated carbocycles. The van der Waals surface area contributed by atoms with Crippen molar-refractivity contribution in [2.24, 2.45) is 0 Å². The van der Waals surface area contributed by atoms with Crippen molar-refractivity contribution in [2.45, 2.75) is 10.1 Å². The van der Waals surface area contributed by atoms with Gasteiger partial charge < -0.3 is 10.1 Å². The number of carboxylic acid groups (broad SMARTS) is 1. The highest BCUT2D eigenvalue weighted by Crippen LogP contribution is 2.33. The van der Waals surface area contributed by atoms with Crippen LogP contribution in [0.15, 0.2) is 35.0 Å². The molecule has 0 amide bonds. The number of imidazole rings is 1. The molecule has 100 valence electrons. The Balaban J connectivity index is 1.99. The number of H-pyrrole nitrogens is 1. The van der Waals surface area contributed by atoms with E-state index in [-0.39, 0.29) is 10.6 Å². The van der Waals surface area contributed by atoms with Crippen molar-refractivity contribution < 1.29 is 9.90 Å². The van der Waals surface area contributed by atoms with Crippen molar-refractivity contribution in [1.29, 1.82) is 0 Å². The maximum absolute atomic E-state index is 10.8. The maximum atomic E-state index is 10.8. The Labute approximate surface area is 121 Å². The van der Waals surface area contributed by atoms with Crippen LogP contribution in [0.2, 0.25) is 5.02 Å². The summed E-state index contributed by atoms with van der Waals surface area (Å²) >= 11 is 7.24. The number of rotatable bonds is 3. The van der Waals surface area contributed by atoms with Crippen LogP contribution >= 0.6 is 23.4 Å². The molecule has 3 aromatic rings. The molecule has 0 saturated heterocycles. The Morgan fingerprint density at radius 2 is 2.10 bits per heavy atom. The fraction of sp³-hybridized carbons (Fsp3) is 0. The van der Waals surface area contributed by atoms with Crippen LogP contribution in [-0.2, 0) is 0 Å². The third-order valence-corrected chi connectivity index (χ3v) is 3.86. The van der Waals surface area contributed by atoms with Crippen molar-refractivity contribution in [3.8, 4) is 0 Å². The number of aromatic carboxylic acids is 1. The number of hydrogen-bond donors (Lipinski definition) is 2. The van der Waals surface area contributed by atoms with Gasteiger partial charge in [0, 0.05) is 6.20 Å². The molecular formula is C11H6ClN5O2S. The maximum Gasteiger partial charge on any atom is 0.337 e. The largest absolute Gasteiger partial charge is 0.478 e. The van der Waals surface area contributed by atoms with Gasteiger partial charge in [0.05, 0.1) is 16.9 Å². The monoisotopic (exact) mass is 307 g/mol. The summed E-state index contributed by atoms with van der Waals surface area (Å²) in [4.78, 5) is 30.0. The normalized spacial score (nSPS) is 10.8. The zero-order chi connectivity index (χ0) is 14.1. The molecule has 0 atom stereocenters. The summed E-state index contributed by atoms with van der Waals surface area (Å²) in [5, 5.41) is 10.2. The van der Waals surface area contributed by atoms with E-state index in [0.717, 1.165) is 0 Å². The van der Waals surface area contributed by atoms with Crippen molar-refractivity contribution in [2.75, 3.05) is 0 Å². The molecular weight excluding hydrogens is 302 g/mol. The number of aromatic nitrogens is 5. The van der Waals surface area contributed by atoms with E-state index in [1.807, 2.05) is 0 Å². The second-order valence-corrected chi connectivity index (χ2v) is 5.08. The highest BCUT2D eigenvalue weighted by molar-refractivity contribution is 7.99. The molecule has 0 aliphatic carbocycles. The highest BCUT2D eigenvalue weighted by atomic mass is 35.5. The first-order chi connectivity index (χ1) is 9.65. The third-order valence-electron chi connectivity index (χ3n) is 2.44. The van der Waals surface area contributed by atoms with E-state index in [4.69, 9.17) is 16.7 Å². The van der Waals surface area contributed by atoms with Gasteiger partial charge in [-0.3, -0.25) is 0 Å². The molecule has 20 heavy (non-hydrogen) atoms. The van der Waals surface area contributed by atoms with Gasteiger partial charge in [0.2, 0.25) is 0 Å². The van der Waals surface area contributed by atoms with Gasteiger partial charge in [0.15, 0.2) is 5.65 Å². The molecule has 0 aliphatic heterocycles. The molecule has 0 bridgehead atoms. The molecule has 2 N–H and O–H groups in total. The lowest BCUT2D eigenvalue weighted by molar-refractivity contribution is 0.0696. The standard InChI is InChI=1S/C11H6ClN5O2S/c12-6-1-5(11(18)19)2-13-9(6)20-10-7-8(15-3-14-7)16-4-17-10/h1-4H,(H,18,19)(H,14,15,16,17). The smallest absolute Gasteiger partial charge is 0.337 e. The van der Waals surface area contributed by atoms with E-state index >= 15 is 0 Å². The molecule has 3 heterocycles. The quantitative estimate of drug-likeness (QED) is 0.715. The summed E-state index contributed by atoms with van der Waals surface area (Å²) < 4.78 is 0. The van der Waals surface area contributed by atoms with E-state index in [0.29, 0.717) is 21.2 Å². The van der Waals surface area contributed by atoms with Gasteiger partial charge in [-0.1, -0.05) is 11.6 Å². The average molecular weight is 308 g/mol. The molecule has 7 nitrogen and oxygen atoms in total. The Hall–Kier alpha value is -2.19. The first-order valence-electron chi connectivity index (χ1n) is 5.36. The fourth-order valence-electron chi connectivity index (χ4n) is 1.53. The lowest BCUT2D eigenvalue weighted by Gasteiger charge is -2.03. The molecule has 0 unspecified atom stereocenters. The van der Waals surface area contributed by atoms with Gasteiger partial charge in [0.1, 0.15) is 21.9 Å². The molecule has 9 heteroatoms. The van der Waals surface area contributed by atoms with Crippen LogP contribution in [0.4, 0.5) is 0 Å². The summed E-state index contributed by atoms with van der Waals surface area (Å²) in [6.07, 6.45) is 4.17. The Kier molecular flexibility index (Phi) is 3.25. The Morgan fingerprint density at radius 3 is 2.85 bits per heavy atom. The number of halogens is 1. The molecule has 0 aliphatic rings. The number of nitrogens with zero attached hydrogens (tertiary/aromatic N) is 4. The minimum Gasteiger partial charge on any atom is -0.478 e. The van der Waals surface area contributed by atoms with E-state index in [1.54, 1.807) is 0 Å². The van der Waals surface area contributed by atoms with E-state index < -0.39 is 5.97 Å². The van der Waals surface area contributed by atoms with Gasteiger partial charge in [-0.25, -0.2) is 24.7 Å². The van der Waals surface area contributed by atoms with Crippen LogP contribution in [0.3, 0.4) is 0 Å². The second-order valence-electron chi connectivity index (χ2n) is 3.70. The van der Waals surface area contributed by atoms with Crippen LogP contribution in [0.5, 0.6) is 0 Å². The molecule has 0 radical (unpaired) electrons. The van der Waals surface area contributed by atoms with E-state index in [2.05, 4.69) is 24.9 Å². The number of hydrogen-bond acceptors (Lipinski definition) is 6. The van der Waals surface area contributed by atoms with Crippen LogP contribution in [-0.4, -0.2) is 36.0 Å². The van der Waals surface area contributed by atoms with Crippen LogP contribution in [0.25, 0.3) is 11.2 Å². The summed E-state index contributed by atoms with van der Waals surface area (Å²) in [5.74, 6) is -1.08. The van der Waals surface area contributed by atoms with Gasteiger partial charge in [-0.05, 0) is 17.8 Å². The summed E-state index contributed by atoms with van der Waals surface area (Å²) in [7, 11) is 0. The number of nitrogens with one attached hydrogen (secondary N) is 1. The molecule has 0 aromatic carbocycles. The second kappa shape index (κ2) is 5.06. The zero-order valence-electron chi connectivity index (χ0n) is 9.74. The van der Waals surface area contributed by atoms with E-state index in [1.165, 1.54) is 36.7 Å².